The van der Waals surface area contributed by atoms with E-state index in [9.17, 15) is 14.0 Å². The summed E-state index contributed by atoms with van der Waals surface area (Å²) in [6.07, 6.45) is 0. The number of hydrogen-bond acceptors (Lipinski definition) is 2. The van der Waals surface area contributed by atoms with Crippen molar-refractivity contribution in [3.63, 3.8) is 0 Å². The van der Waals surface area contributed by atoms with Crippen molar-refractivity contribution in [1.82, 2.24) is 9.88 Å². The fourth-order valence-corrected chi connectivity index (χ4v) is 2.37. The van der Waals surface area contributed by atoms with E-state index in [0.29, 0.717) is 11.3 Å². The number of alkyl halides is 1. The molecule has 1 unspecified atom stereocenters. The number of halogens is 1. The van der Waals surface area contributed by atoms with Gasteiger partial charge in [-0.3, -0.25) is 4.79 Å². The summed E-state index contributed by atoms with van der Waals surface area (Å²) in [5.41, 5.74) is 2.74. The van der Waals surface area contributed by atoms with Gasteiger partial charge in [0.15, 0.2) is 6.04 Å². The predicted molar refractivity (Wildman–Crippen MR) is 80.1 cm³/mol. The summed E-state index contributed by atoms with van der Waals surface area (Å²) in [4.78, 5) is 23.0. The van der Waals surface area contributed by atoms with Crippen LogP contribution in [-0.4, -0.2) is 34.3 Å². The first-order valence-electron chi connectivity index (χ1n) is 6.79. The van der Waals surface area contributed by atoms with Crippen molar-refractivity contribution in [1.29, 1.82) is 0 Å². The number of hydrogen-bond donors (Lipinski definition) is 2. The van der Waals surface area contributed by atoms with E-state index in [2.05, 4.69) is 5.32 Å². The summed E-state index contributed by atoms with van der Waals surface area (Å²) in [5, 5.41) is 11.0. The molecular weight excluding hydrogens is 287 g/mol. The van der Waals surface area contributed by atoms with Crippen LogP contribution in [0.5, 0.6) is 0 Å². The molecule has 0 radical (unpaired) electrons. The number of carboxylic acids is 1. The average Bonchev–Trinajstić information content (AvgIpc) is 2.80. The number of aryl methyl sites for hydroxylation is 1. The highest BCUT2D eigenvalue weighted by Gasteiger charge is 2.23. The molecule has 0 saturated carbocycles. The average molecular weight is 304 g/mol. The summed E-state index contributed by atoms with van der Waals surface area (Å²) < 4.78 is 14.5. The van der Waals surface area contributed by atoms with Gasteiger partial charge in [-0.15, -0.1) is 0 Å². The SMILES string of the molecule is Cc1cc(C(=O)NC(CF)C(=O)O)c(C)n1-c1ccccc1. The highest BCUT2D eigenvalue weighted by molar-refractivity contribution is 5.98. The number of benzene rings is 1. The van der Waals surface area contributed by atoms with Crippen LogP contribution in [-0.2, 0) is 4.79 Å². The fraction of sp³-hybridized carbons (Fsp3) is 0.250. The zero-order chi connectivity index (χ0) is 16.3. The number of rotatable bonds is 5. The minimum atomic E-state index is -1.53. The van der Waals surface area contributed by atoms with Crippen LogP contribution in [0.15, 0.2) is 36.4 Å². The number of carbonyl (C=O) groups is 2. The normalized spacial score (nSPS) is 12.0. The van der Waals surface area contributed by atoms with E-state index in [1.807, 2.05) is 41.8 Å². The number of aliphatic carboxylic acids is 1. The smallest absolute Gasteiger partial charge is 0.328 e. The Morgan fingerprint density at radius 3 is 2.45 bits per heavy atom. The lowest BCUT2D eigenvalue weighted by atomic mass is 10.2. The molecule has 1 heterocycles. The molecule has 6 heteroatoms. The van der Waals surface area contributed by atoms with Gasteiger partial charge in [0.05, 0.1) is 5.56 Å². The molecule has 0 aliphatic heterocycles. The van der Waals surface area contributed by atoms with Gasteiger partial charge in [0, 0.05) is 17.1 Å². The Morgan fingerprint density at radius 1 is 1.27 bits per heavy atom. The van der Waals surface area contributed by atoms with Gasteiger partial charge in [-0.2, -0.15) is 0 Å². The summed E-state index contributed by atoms with van der Waals surface area (Å²) >= 11 is 0. The second-order valence-corrected chi connectivity index (χ2v) is 4.97. The number of para-hydroxylation sites is 1. The standard InChI is InChI=1S/C16H17FN2O3/c1-10-8-13(15(20)18-14(9-17)16(21)22)11(2)19(10)12-6-4-3-5-7-12/h3-8,14H,9H2,1-2H3,(H,18,20)(H,21,22). The lowest BCUT2D eigenvalue weighted by Crippen LogP contribution is -2.42. The highest BCUT2D eigenvalue weighted by atomic mass is 19.1. The molecule has 0 bridgehead atoms. The molecule has 116 valence electrons. The van der Waals surface area contributed by atoms with Gasteiger partial charge in [0.2, 0.25) is 0 Å². The Labute approximate surface area is 127 Å². The van der Waals surface area contributed by atoms with Gasteiger partial charge in [0.1, 0.15) is 6.67 Å². The molecule has 0 fully saturated rings. The van der Waals surface area contributed by atoms with Crippen molar-refractivity contribution in [2.24, 2.45) is 0 Å². The first-order valence-corrected chi connectivity index (χ1v) is 6.79. The van der Waals surface area contributed by atoms with Crippen LogP contribution < -0.4 is 5.32 Å². The van der Waals surface area contributed by atoms with E-state index in [-0.39, 0.29) is 0 Å². The third kappa shape index (κ3) is 3.00. The van der Waals surface area contributed by atoms with E-state index in [0.717, 1.165) is 11.4 Å². The molecule has 1 aromatic heterocycles. The second-order valence-electron chi connectivity index (χ2n) is 4.97. The first-order chi connectivity index (χ1) is 10.5. The minimum Gasteiger partial charge on any atom is -0.480 e. The van der Waals surface area contributed by atoms with Crippen LogP contribution in [0.1, 0.15) is 21.7 Å². The first kappa shape index (κ1) is 15.8. The van der Waals surface area contributed by atoms with Gasteiger partial charge in [-0.05, 0) is 32.0 Å². The van der Waals surface area contributed by atoms with Crippen LogP contribution in [0.2, 0.25) is 0 Å². The molecular formula is C16H17FN2O3. The summed E-state index contributed by atoms with van der Waals surface area (Å²) in [7, 11) is 0. The molecule has 0 spiro atoms. The number of nitrogens with zero attached hydrogens (tertiary/aromatic N) is 1. The molecule has 22 heavy (non-hydrogen) atoms. The monoisotopic (exact) mass is 304 g/mol. The van der Waals surface area contributed by atoms with Crippen molar-refractivity contribution < 1.29 is 19.1 Å². The molecule has 0 aliphatic carbocycles. The summed E-state index contributed by atoms with van der Waals surface area (Å²) in [6.45, 7) is 2.46. The molecule has 5 nitrogen and oxygen atoms in total. The quantitative estimate of drug-likeness (QED) is 0.890. The Balaban J connectivity index is 2.34. The Hall–Kier alpha value is -2.63. The molecule has 2 N–H and O–H groups in total. The third-order valence-electron chi connectivity index (χ3n) is 3.45. The van der Waals surface area contributed by atoms with Gasteiger partial charge in [-0.1, -0.05) is 18.2 Å². The van der Waals surface area contributed by atoms with E-state index in [1.54, 1.807) is 13.0 Å². The lowest BCUT2D eigenvalue weighted by Gasteiger charge is -2.12. The zero-order valence-electron chi connectivity index (χ0n) is 12.3. The van der Waals surface area contributed by atoms with Crippen LogP contribution in [0.4, 0.5) is 4.39 Å². The number of carboxylic acid groups (broad SMARTS) is 1. The Morgan fingerprint density at radius 2 is 1.91 bits per heavy atom. The number of amides is 1. The Bertz CT molecular complexity index is 695. The van der Waals surface area contributed by atoms with Crippen LogP contribution in [0, 0.1) is 13.8 Å². The van der Waals surface area contributed by atoms with E-state index < -0.39 is 24.6 Å². The lowest BCUT2D eigenvalue weighted by molar-refractivity contribution is -0.139. The van der Waals surface area contributed by atoms with Gasteiger partial charge < -0.3 is 15.0 Å². The third-order valence-corrected chi connectivity index (χ3v) is 3.45. The predicted octanol–water partition coefficient (Wildman–Crippen LogP) is 2.25. The van der Waals surface area contributed by atoms with Crippen molar-refractivity contribution in [2.75, 3.05) is 6.67 Å². The minimum absolute atomic E-state index is 0.334. The van der Waals surface area contributed by atoms with Crippen molar-refractivity contribution in [3.05, 3.63) is 53.3 Å². The van der Waals surface area contributed by atoms with Gasteiger partial charge in [0.25, 0.3) is 5.91 Å². The molecule has 1 atom stereocenters. The fourth-order valence-electron chi connectivity index (χ4n) is 2.37. The van der Waals surface area contributed by atoms with Crippen LogP contribution in [0.3, 0.4) is 0 Å². The Kier molecular flexibility index (Phi) is 4.60. The zero-order valence-corrected chi connectivity index (χ0v) is 12.3. The van der Waals surface area contributed by atoms with E-state index in [1.165, 1.54) is 0 Å². The summed E-state index contributed by atoms with van der Waals surface area (Å²) in [5.74, 6) is -1.99. The highest BCUT2D eigenvalue weighted by Crippen LogP contribution is 2.20. The molecule has 1 aromatic carbocycles. The van der Waals surface area contributed by atoms with Crippen molar-refractivity contribution >= 4 is 11.9 Å². The number of aromatic nitrogens is 1. The van der Waals surface area contributed by atoms with Crippen LogP contribution in [0.25, 0.3) is 5.69 Å². The van der Waals surface area contributed by atoms with Crippen molar-refractivity contribution in [3.8, 4) is 5.69 Å². The maximum Gasteiger partial charge on any atom is 0.328 e. The largest absolute Gasteiger partial charge is 0.480 e. The van der Waals surface area contributed by atoms with Gasteiger partial charge in [-0.25, -0.2) is 9.18 Å². The second kappa shape index (κ2) is 6.43. The summed E-state index contributed by atoms with van der Waals surface area (Å²) in [6, 6.07) is 9.60. The van der Waals surface area contributed by atoms with Crippen molar-refractivity contribution in [2.45, 2.75) is 19.9 Å². The topological polar surface area (TPSA) is 71.3 Å². The van der Waals surface area contributed by atoms with Gasteiger partial charge >= 0.3 is 5.97 Å². The molecule has 0 saturated heterocycles. The maximum absolute atomic E-state index is 12.6. The number of nitrogens with one attached hydrogen (secondary N) is 1. The van der Waals surface area contributed by atoms with E-state index >= 15 is 0 Å². The molecule has 0 aliphatic rings. The number of carbonyl (C=O) groups excluding carboxylic acids is 1. The molecule has 1 amide bonds. The maximum atomic E-state index is 12.6. The molecule has 2 rings (SSSR count). The van der Waals surface area contributed by atoms with Crippen LogP contribution >= 0.6 is 0 Å². The molecule has 2 aromatic rings. The van der Waals surface area contributed by atoms with E-state index in [4.69, 9.17) is 5.11 Å².